The van der Waals surface area contributed by atoms with Crippen molar-refractivity contribution >= 4 is 11.9 Å². The maximum absolute atomic E-state index is 11.4. The predicted octanol–water partition coefficient (Wildman–Crippen LogP) is 0.449. The van der Waals surface area contributed by atoms with E-state index in [2.05, 4.69) is 6.92 Å². The molecule has 0 aromatic carbocycles. The molecule has 2 N–H and O–H groups in total. The van der Waals surface area contributed by atoms with E-state index in [-0.39, 0.29) is 12.0 Å². The number of carbonyl (C=O) groups is 2. The van der Waals surface area contributed by atoms with Crippen molar-refractivity contribution in [3.63, 3.8) is 0 Å². The minimum atomic E-state index is -0.699. The van der Waals surface area contributed by atoms with E-state index in [1.165, 1.54) is 0 Å². The topological polar surface area (TPSA) is 69.4 Å². The Balaban J connectivity index is 2.24. The fraction of sp³-hybridized carbons (Fsp3) is 0.800. The van der Waals surface area contributed by atoms with Crippen LogP contribution in [0.5, 0.6) is 0 Å². The lowest BCUT2D eigenvalue weighted by Crippen LogP contribution is -2.38. The Morgan fingerprint density at radius 3 is 2.86 bits per heavy atom. The molecule has 0 spiro atoms. The molecule has 0 radical (unpaired) electrons. The Morgan fingerprint density at radius 1 is 1.50 bits per heavy atom. The highest BCUT2D eigenvalue weighted by molar-refractivity contribution is 5.98. The summed E-state index contributed by atoms with van der Waals surface area (Å²) < 4.78 is 5.17. The third-order valence-electron chi connectivity index (χ3n) is 3.45. The molecule has 1 aliphatic heterocycles. The van der Waals surface area contributed by atoms with E-state index >= 15 is 0 Å². The number of esters is 1. The summed E-state index contributed by atoms with van der Waals surface area (Å²) in [6, 6.07) is 0. The maximum atomic E-state index is 11.4. The van der Waals surface area contributed by atoms with Crippen LogP contribution in [-0.4, -0.2) is 18.0 Å². The predicted molar refractivity (Wildman–Crippen MR) is 49.1 cm³/mol. The zero-order valence-electron chi connectivity index (χ0n) is 8.23. The Morgan fingerprint density at radius 2 is 2.21 bits per heavy atom. The van der Waals surface area contributed by atoms with Crippen molar-refractivity contribution in [1.82, 2.24) is 0 Å². The fourth-order valence-corrected chi connectivity index (χ4v) is 2.76. The second-order valence-electron chi connectivity index (χ2n) is 4.34. The quantitative estimate of drug-likeness (QED) is 0.490. The number of amides is 1. The van der Waals surface area contributed by atoms with Gasteiger partial charge in [-0.15, -0.1) is 0 Å². The lowest BCUT2D eigenvalue weighted by atomic mass is 9.73. The molecular formula is C10H15NO3. The number of nitrogens with two attached hydrogens (primary N) is 1. The Bertz CT molecular complexity index is 277. The number of hydrogen-bond donors (Lipinski definition) is 1. The average Bonchev–Trinajstić information content (AvgIpc) is 2.42. The van der Waals surface area contributed by atoms with Gasteiger partial charge in [0.15, 0.2) is 0 Å². The van der Waals surface area contributed by atoms with E-state index in [4.69, 9.17) is 10.5 Å². The SMILES string of the molecule is C[C@H]1CCC[C@H]2OC(=O)[C@@H](C(N)=O)[C@H]12. The molecule has 0 unspecified atom stereocenters. The van der Waals surface area contributed by atoms with E-state index < -0.39 is 17.8 Å². The van der Waals surface area contributed by atoms with E-state index in [0.717, 1.165) is 19.3 Å². The summed E-state index contributed by atoms with van der Waals surface area (Å²) in [5.41, 5.74) is 5.22. The number of primary amides is 1. The molecule has 4 heteroatoms. The van der Waals surface area contributed by atoms with Crippen molar-refractivity contribution < 1.29 is 14.3 Å². The Labute approximate surface area is 82.8 Å². The van der Waals surface area contributed by atoms with Crippen molar-refractivity contribution in [2.45, 2.75) is 32.3 Å². The lowest BCUT2D eigenvalue weighted by Gasteiger charge is -2.30. The van der Waals surface area contributed by atoms with Gasteiger partial charge in [-0.1, -0.05) is 13.3 Å². The molecule has 4 nitrogen and oxygen atoms in total. The highest BCUT2D eigenvalue weighted by Gasteiger charge is 2.51. The van der Waals surface area contributed by atoms with Crippen molar-refractivity contribution in [3.8, 4) is 0 Å². The van der Waals surface area contributed by atoms with Gasteiger partial charge in [-0.3, -0.25) is 9.59 Å². The summed E-state index contributed by atoms with van der Waals surface area (Å²) in [5.74, 6) is -1.26. The van der Waals surface area contributed by atoms with Gasteiger partial charge < -0.3 is 10.5 Å². The van der Waals surface area contributed by atoms with Gasteiger partial charge >= 0.3 is 5.97 Å². The standard InChI is InChI=1S/C10H15NO3/c1-5-3-2-4-6-7(5)8(9(11)12)10(13)14-6/h5-8H,2-4H2,1H3,(H2,11,12)/t5-,6+,7+,8+/m0/s1. The van der Waals surface area contributed by atoms with Crippen LogP contribution in [0.25, 0.3) is 0 Å². The summed E-state index contributed by atoms with van der Waals surface area (Å²) in [7, 11) is 0. The van der Waals surface area contributed by atoms with E-state index in [1.807, 2.05) is 0 Å². The van der Waals surface area contributed by atoms with Crippen LogP contribution in [0.4, 0.5) is 0 Å². The van der Waals surface area contributed by atoms with E-state index in [1.54, 1.807) is 0 Å². The first-order valence-corrected chi connectivity index (χ1v) is 5.11. The van der Waals surface area contributed by atoms with Crippen molar-refractivity contribution in [1.29, 1.82) is 0 Å². The largest absolute Gasteiger partial charge is 0.461 e. The summed E-state index contributed by atoms with van der Waals surface area (Å²) in [6.45, 7) is 2.06. The van der Waals surface area contributed by atoms with Gasteiger partial charge in [-0.2, -0.15) is 0 Å². The summed E-state index contributed by atoms with van der Waals surface area (Å²) in [6.07, 6.45) is 2.94. The first-order chi connectivity index (χ1) is 6.61. The number of fused-ring (bicyclic) bond motifs is 1. The molecule has 2 rings (SSSR count). The molecule has 14 heavy (non-hydrogen) atoms. The van der Waals surface area contributed by atoms with Gasteiger partial charge in [0.05, 0.1) is 0 Å². The fourth-order valence-electron chi connectivity index (χ4n) is 2.76. The minimum absolute atomic E-state index is 0.0220. The number of rotatable bonds is 1. The average molecular weight is 197 g/mol. The second-order valence-corrected chi connectivity index (χ2v) is 4.34. The molecule has 1 heterocycles. The van der Waals surface area contributed by atoms with Gasteiger partial charge in [-0.25, -0.2) is 0 Å². The van der Waals surface area contributed by atoms with Gasteiger partial charge in [-0.05, 0) is 18.8 Å². The Kier molecular flexibility index (Phi) is 2.21. The van der Waals surface area contributed by atoms with Crippen LogP contribution >= 0.6 is 0 Å². The van der Waals surface area contributed by atoms with Crippen LogP contribution in [0.15, 0.2) is 0 Å². The van der Waals surface area contributed by atoms with Crippen LogP contribution in [0, 0.1) is 17.8 Å². The van der Waals surface area contributed by atoms with Crippen LogP contribution in [0.1, 0.15) is 26.2 Å². The number of carbonyl (C=O) groups excluding carboxylic acids is 2. The first-order valence-electron chi connectivity index (χ1n) is 5.11. The molecule has 0 aromatic heterocycles. The zero-order chi connectivity index (χ0) is 10.3. The summed E-state index contributed by atoms with van der Waals surface area (Å²) in [4.78, 5) is 22.5. The van der Waals surface area contributed by atoms with Gasteiger partial charge in [0, 0.05) is 5.92 Å². The third kappa shape index (κ3) is 1.29. The molecule has 2 fully saturated rings. The molecule has 1 aliphatic carbocycles. The highest BCUT2D eigenvalue weighted by atomic mass is 16.6. The van der Waals surface area contributed by atoms with E-state index in [9.17, 15) is 9.59 Å². The first kappa shape index (κ1) is 9.49. The van der Waals surface area contributed by atoms with Crippen molar-refractivity contribution in [2.75, 3.05) is 0 Å². The van der Waals surface area contributed by atoms with Gasteiger partial charge in [0.1, 0.15) is 12.0 Å². The Hall–Kier alpha value is -1.06. The minimum Gasteiger partial charge on any atom is -0.461 e. The van der Waals surface area contributed by atoms with E-state index in [0.29, 0.717) is 5.92 Å². The molecule has 1 amide bonds. The number of ether oxygens (including phenoxy) is 1. The maximum Gasteiger partial charge on any atom is 0.319 e. The summed E-state index contributed by atoms with van der Waals surface area (Å²) in [5, 5.41) is 0. The zero-order valence-corrected chi connectivity index (χ0v) is 8.23. The lowest BCUT2D eigenvalue weighted by molar-refractivity contribution is -0.146. The smallest absolute Gasteiger partial charge is 0.319 e. The van der Waals surface area contributed by atoms with Crippen LogP contribution in [0.3, 0.4) is 0 Å². The van der Waals surface area contributed by atoms with Crippen LogP contribution < -0.4 is 5.73 Å². The molecular weight excluding hydrogens is 182 g/mol. The van der Waals surface area contributed by atoms with Crippen molar-refractivity contribution in [3.05, 3.63) is 0 Å². The molecule has 2 aliphatic rings. The van der Waals surface area contributed by atoms with Crippen molar-refractivity contribution in [2.24, 2.45) is 23.5 Å². The van der Waals surface area contributed by atoms with Gasteiger partial charge in [0.25, 0.3) is 0 Å². The monoisotopic (exact) mass is 197 g/mol. The molecule has 4 atom stereocenters. The molecule has 78 valence electrons. The molecule has 1 saturated carbocycles. The number of hydrogen-bond acceptors (Lipinski definition) is 3. The van der Waals surface area contributed by atoms with Crippen LogP contribution in [0.2, 0.25) is 0 Å². The normalized spacial score (nSPS) is 41.6. The summed E-state index contributed by atoms with van der Waals surface area (Å²) >= 11 is 0. The molecule has 0 aromatic rings. The second kappa shape index (κ2) is 3.26. The third-order valence-corrected chi connectivity index (χ3v) is 3.45. The van der Waals surface area contributed by atoms with Gasteiger partial charge in [0.2, 0.25) is 5.91 Å². The molecule has 0 bridgehead atoms. The van der Waals surface area contributed by atoms with Crippen LogP contribution in [-0.2, 0) is 14.3 Å². The molecule has 1 saturated heterocycles. The highest BCUT2D eigenvalue weighted by Crippen LogP contribution is 2.42.